The van der Waals surface area contributed by atoms with E-state index in [9.17, 15) is 24.8 Å². The van der Waals surface area contributed by atoms with Gasteiger partial charge in [-0.25, -0.2) is 0 Å². The molecule has 1 fully saturated rings. The number of rotatable bonds is 5. The molecule has 1 unspecified atom stereocenters. The number of ether oxygens (including phenoxy) is 1. The van der Waals surface area contributed by atoms with Gasteiger partial charge in [0.15, 0.2) is 0 Å². The fraction of sp³-hybridized carbons (Fsp3) is 0.800. The Balaban J connectivity index is 2.90. The van der Waals surface area contributed by atoms with Crippen LogP contribution in [-0.4, -0.2) is 46.8 Å². The number of methoxy groups -OCH3 is 1. The van der Waals surface area contributed by atoms with E-state index in [-0.39, 0.29) is 6.42 Å². The van der Waals surface area contributed by atoms with Gasteiger partial charge >= 0.3 is 11.9 Å². The molecule has 1 aliphatic carbocycles. The van der Waals surface area contributed by atoms with Crippen LogP contribution in [0.1, 0.15) is 12.8 Å². The Morgan fingerprint density at radius 3 is 2.50 bits per heavy atom. The van der Waals surface area contributed by atoms with Crippen molar-refractivity contribution in [2.45, 2.75) is 18.9 Å². The maximum atomic E-state index is 11.5. The van der Waals surface area contributed by atoms with Crippen LogP contribution in [0.25, 0.3) is 0 Å². The van der Waals surface area contributed by atoms with Crippen molar-refractivity contribution in [3.8, 4) is 0 Å². The van der Waals surface area contributed by atoms with Crippen LogP contribution < -0.4 is 0 Å². The SMILES string of the molecule is COC(=O)[C@@H]1CC(O)[C@H](CC(=O)O)[C@H]1C[N+](=O)[O-]. The van der Waals surface area contributed by atoms with E-state index in [2.05, 4.69) is 4.74 Å². The van der Waals surface area contributed by atoms with Crippen LogP contribution in [-0.2, 0) is 14.3 Å². The zero-order valence-electron chi connectivity index (χ0n) is 9.81. The number of aliphatic hydroxyl groups excluding tert-OH is 1. The number of nitrogens with zero attached hydrogens (tertiary/aromatic N) is 1. The molecule has 2 N–H and O–H groups in total. The Kier molecular flexibility index (Phi) is 4.60. The molecule has 0 aromatic rings. The van der Waals surface area contributed by atoms with Crippen LogP contribution in [0.5, 0.6) is 0 Å². The van der Waals surface area contributed by atoms with Gasteiger partial charge in [-0.05, 0) is 6.42 Å². The van der Waals surface area contributed by atoms with Crippen LogP contribution in [0, 0.1) is 27.9 Å². The highest BCUT2D eigenvalue weighted by Crippen LogP contribution is 2.40. The van der Waals surface area contributed by atoms with Crippen LogP contribution in [0.2, 0.25) is 0 Å². The van der Waals surface area contributed by atoms with Gasteiger partial charge in [0, 0.05) is 16.8 Å². The number of hydrogen-bond acceptors (Lipinski definition) is 6. The largest absolute Gasteiger partial charge is 0.481 e. The van der Waals surface area contributed by atoms with Gasteiger partial charge in [-0.1, -0.05) is 0 Å². The third-order valence-electron chi connectivity index (χ3n) is 3.33. The van der Waals surface area contributed by atoms with Crippen LogP contribution >= 0.6 is 0 Å². The molecule has 0 aromatic heterocycles. The molecular formula is C10H15NO7. The minimum absolute atomic E-state index is 0.00310. The zero-order chi connectivity index (χ0) is 13.9. The molecule has 1 saturated carbocycles. The highest BCUT2D eigenvalue weighted by molar-refractivity contribution is 5.74. The average Bonchev–Trinajstić information content (AvgIpc) is 2.55. The van der Waals surface area contributed by atoms with Crippen molar-refractivity contribution >= 4 is 11.9 Å². The Bertz CT molecular complexity index is 356. The summed E-state index contributed by atoms with van der Waals surface area (Å²) in [5.41, 5.74) is 0. The summed E-state index contributed by atoms with van der Waals surface area (Å²) in [7, 11) is 1.16. The topological polar surface area (TPSA) is 127 Å². The van der Waals surface area contributed by atoms with Crippen molar-refractivity contribution in [3.05, 3.63) is 10.1 Å². The molecule has 1 aliphatic rings. The number of carboxylic acids is 1. The number of aliphatic hydroxyl groups is 1. The number of nitro groups is 1. The maximum absolute atomic E-state index is 11.5. The predicted octanol–water partition coefficient (Wildman–Crippen LogP) is -0.476. The molecule has 8 heteroatoms. The summed E-state index contributed by atoms with van der Waals surface area (Å²) in [6.45, 7) is -0.547. The first-order valence-corrected chi connectivity index (χ1v) is 5.46. The molecule has 0 aliphatic heterocycles. The van der Waals surface area contributed by atoms with E-state index >= 15 is 0 Å². The summed E-state index contributed by atoms with van der Waals surface area (Å²) < 4.78 is 4.53. The van der Waals surface area contributed by atoms with Crippen LogP contribution in [0.15, 0.2) is 0 Å². The van der Waals surface area contributed by atoms with Gasteiger partial charge in [0.2, 0.25) is 6.54 Å². The lowest BCUT2D eigenvalue weighted by molar-refractivity contribution is -0.490. The summed E-state index contributed by atoms with van der Waals surface area (Å²) >= 11 is 0. The maximum Gasteiger partial charge on any atom is 0.309 e. The second kappa shape index (κ2) is 5.76. The Morgan fingerprint density at radius 2 is 2.06 bits per heavy atom. The third-order valence-corrected chi connectivity index (χ3v) is 3.33. The minimum Gasteiger partial charge on any atom is -0.481 e. The lowest BCUT2D eigenvalue weighted by Crippen LogP contribution is -2.31. The Hall–Kier alpha value is -1.70. The van der Waals surface area contributed by atoms with E-state index < -0.39 is 53.7 Å². The first kappa shape index (κ1) is 14.4. The molecule has 0 aromatic carbocycles. The van der Waals surface area contributed by atoms with Gasteiger partial charge in [-0.2, -0.15) is 0 Å². The molecule has 4 atom stereocenters. The van der Waals surface area contributed by atoms with E-state index in [1.165, 1.54) is 0 Å². The summed E-state index contributed by atoms with van der Waals surface area (Å²) in [6.07, 6.45) is -1.42. The van der Waals surface area contributed by atoms with E-state index in [4.69, 9.17) is 5.11 Å². The number of esters is 1. The minimum atomic E-state index is -1.15. The van der Waals surface area contributed by atoms with Gasteiger partial charge < -0.3 is 14.9 Å². The first-order valence-electron chi connectivity index (χ1n) is 5.46. The average molecular weight is 261 g/mol. The number of carbonyl (C=O) groups is 2. The second-order valence-electron chi connectivity index (χ2n) is 4.37. The van der Waals surface area contributed by atoms with Gasteiger partial charge in [0.25, 0.3) is 0 Å². The van der Waals surface area contributed by atoms with Crippen LogP contribution in [0.4, 0.5) is 0 Å². The van der Waals surface area contributed by atoms with Gasteiger partial charge in [0.1, 0.15) is 0 Å². The van der Waals surface area contributed by atoms with Crippen molar-refractivity contribution in [1.82, 2.24) is 0 Å². The second-order valence-corrected chi connectivity index (χ2v) is 4.37. The van der Waals surface area contributed by atoms with E-state index in [0.29, 0.717) is 0 Å². The Labute approximate surface area is 103 Å². The van der Waals surface area contributed by atoms with Crippen molar-refractivity contribution in [2.75, 3.05) is 13.7 Å². The monoisotopic (exact) mass is 261 g/mol. The van der Waals surface area contributed by atoms with Crippen LogP contribution in [0.3, 0.4) is 0 Å². The summed E-state index contributed by atoms with van der Waals surface area (Å²) in [6, 6.07) is 0. The fourth-order valence-electron chi connectivity index (χ4n) is 2.54. The summed E-state index contributed by atoms with van der Waals surface area (Å²) in [5.74, 6) is -4.22. The Morgan fingerprint density at radius 1 is 1.44 bits per heavy atom. The molecule has 1 rings (SSSR count). The molecular weight excluding hydrogens is 246 g/mol. The highest BCUT2D eigenvalue weighted by atomic mass is 16.6. The molecule has 0 bridgehead atoms. The van der Waals surface area contributed by atoms with Crippen molar-refractivity contribution in [3.63, 3.8) is 0 Å². The smallest absolute Gasteiger partial charge is 0.309 e. The van der Waals surface area contributed by atoms with Gasteiger partial charge in [-0.3, -0.25) is 19.7 Å². The molecule has 8 nitrogen and oxygen atoms in total. The van der Waals surface area contributed by atoms with E-state index in [1.807, 2.05) is 0 Å². The normalized spacial score (nSPS) is 31.0. The lowest BCUT2D eigenvalue weighted by atomic mass is 9.87. The highest BCUT2D eigenvalue weighted by Gasteiger charge is 2.49. The number of carboxylic acid groups (broad SMARTS) is 1. The number of hydrogen-bond donors (Lipinski definition) is 2. The summed E-state index contributed by atoms with van der Waals surface area (Å²) in [5, 5.41) is 29.0. The van der Waals surface area contributed by atoms with E-state index in [1.54, 1.807) is 0 Å². The van der Waals surface area contributed by atoms with Crippen molar-refractivity contribution < 1.29 is 29.5 Å². The molecule has 102 valence electrons. The molecule has 0 saturated heterocycles. The zero-order valence-corrected chi connectivity index (χ0v) is 9.81. The molecule has 0 spiro atoms. The molecule has 0 radical (unpaired) electrons. The number of aliphatic carboxylic acids is 1. The van der Waals surface area contributed by atoms with Crippen molar-refractivity contribution in [2.24, 2.45) is 17.8 Å². The predicted molar refractivity (Wildman–Crippen MR) is 57.2 cm³/mol. The molecule has 18 heavy (non-hydrogen) atoms. The van der Waals surface area contributed by atoms with Crippen molar-refractivity contribution in [1.29, 1.82) is 0 Å². The van der Waals surface area contributed by atoms with Gasteiger partial charge in [0.05, 0.1) is 25.6 Å². The third kappa shape index (κ3) is 3.16. The lowest BCUT2D eigenvalue weighted by Gasteiger charge is -2.19. The standard InChI is InChI=1S/C10H15NO7/c1-18-10(15)6-2-8(12)5(3-9(13)14)7(6)4-11(16)17/h5-8,12H,2-4H2,1H3,(H,13,14)/t5-,6-,7-,8?/m1/s1. The molecule has 0 heterocycles. The van der Waals surface area contributed by atoms with Gasteiger partial charge in [-0.15, -0.1) is 0 Å². The summed E-state index contributed by atoms with van der Waals surface area (Å²) in [4.78, 5) is 32.1. The first-order chi connectivity index (χ1) is 8.36. The quantitative estimate of drug-likeness (QED) is 0.389. The molecule has 0 amide bonds. The fourth-order valence-corrected chi connectivity index (χ4v) is 2.54. The van der Waals surface area contributed by atoms with E-state index in [0.717, 1.165) is 7.11 Å². The number of carbonyl (C=O) groups excluding carboxylic acids is 1.